The van der Waals surface area contributed by atoms with Crippen molar-refractivity contribution >= 4 is 17.3 Å². The molecule has 2 nitrogen and oxygen atoms in total. The first-order valence-corrected chi connectivity index (χ1v) is 7.11. The van der Waals surface area contributed by atoms with E-state index in [1.165, 1.54) is 38.5 Å². The standard InChI is InChI=1S/C15H19ClN2/c16-14-8-7-13(10-17)15(9-14)18-11-12-5-3-1-2-4-6-12/h7-9,12,18H,1-6,11H2. The van der Waals surface area contributed by atoms with Gasteiger partial charge in [0.25, 0.3) is 0 Å². The summed E-state index contributed by atoms with van der Waals surface area (Å²) in [7, 11) is 0. The van der Waals surface area contributed by atoms with Crippen molar-refractivity contribution in [3.05, 3.63) is 28.8 Å². The number of benzene rings is 1. The van der Waals surface area contributed by atoms with E-state index in [1.807, 2.05) is 6.07 Å². The molecule has 0 unspecified atom stereocenters. The molecule has 1 fully saturated rings. The zero-order chi connectivity index (χ0) is 12.8. The van der Waals surface area contributed by atoms with Crippen LogP contribution in [0.25, 0.3) is 0 Å². The topological polar surface area (TPSA) is 35.8 Å². The predicted octanol–water partition coefficient (Wildman–Crippen LogP) is 4.59. The van der Waals surface area contributed by atoms with E-state index in [0.29, 0.717) is 10.6 Å². The molecule has 0 aliphatic heterocycles. The monoisotopic (exact) mass is 262 g/mol. The van der Waals surface area contributed by atoms with Crippen LogP contribution >= 0.6 is 11.6 Å². The Balaban J connectivity index is 1.96. The molecule has 0 aromatic heterocycles. The quantitative estimate of drug-likeness (QED) is 0.809. The predicted molar refractivity (Wildman–Crippen MR) is 75.8 cm³/mol. The van der Waals surface area contributed by atoms with E-state index in [2.05, 4.69) is 11.4 Å². The third kappa shape index (κ3) is 3.65. The Morgan fingerprint density at radius 3 is 2.61 bits per heavy atom. The number of hydrogen-bond donors (Lipinski definition) is 1. The van der Waals surface area contributed by atoms with Crippen LogP contribution in [-0.2, 0) is 0 Å². The summed E-state index contributed by atoms with van der Waals surface area (Å²) in [5.41, 5.74) is 1.54. The highest BCUT2D eigenvalue weighted by Crippen LogP contribution is 2.25. The maximum Gasteiger partial charge on any atom is 0.101 e. The Morgan fingerprint density at radius 2 is 1.94 bits per heavy atom. The van der Waals surface area contributed by atoms with Gasteiger partial charge >= 0.3 is 0 Å². The van der Waals surface area contributed by atoms with Gasteiger partial charge in [-0.25, -0.2) is 0 Å². The zero-order valence-corrected chi connectivity index (χ0v) is 11.3. The van der Waals surface area contributed by atoms with Crippen LogP contribution in [-0.4, -0.2) is 6.54 Å². The number of nitrogens with one attached hydrogen (secondary N) is 1. The number of halogens is 1. The molecule has 1 N–H and O–H groups in total. The van der Waals surface area contributed by atoms with E-state index < -0.39 is 0 Å². The van der Waals surface area contributed by atoms with Gasteiger partial charge in [0, 0.05) is 11.6 Å². The van der Waals surface area contributed by atoms with Gasteiger partial charge in [-0.3, -0.25) is 0 Å². The van der Waals surface area contributed by atoms with Gasteiger partial charge in [-0.2, -0.15) is 5.26 Å². The molecule has 0 heterocycles. The molecule has 1 aromatic rings. The number of rotatable bonds is 3. The van der Waals surface area contributed by atoms with Crippen molar-refractivity contribution in [1.29, 1.82) is 5.26 Å². The molecule has 96 valence electrons. The summed E-state index contributed by atoms with van der Waals surface area (Å²) in [6.07, 6.45) is 8.03. The lowest BCUT2D eigenvalue weighted by Crippen LogP contribution is -2.14. The molecule has 0 amide bonds. The molecular weight excluding hydrogens is 244 g/mol. The van der Waals surface area contributed by atoms with E-state index in [4.69, 9.17) is 16.9 Å². The average molecular weight is 263 g/mol. The van der Waals surface area contributed by atoms with Crippen LogP contribution in [0.5, 0.6) is 0 Å². The maximum absolute atomic E-state index is 9.06. The van der Waals surface area contributed by atoms with Crippen LogP contribution in [0.3, 0.4) is 0 Å². The molecule has 0 saturated heterocycles. The highest BCUT2D eigenvalue weighted by Gasteiger charge is 2.12. The SMILES string of the molecule is N#Cc1ccc(Cl)cc1NCC1CCCCCC1. The minimum Gasteiger partial charge on any atom is -0.384 e. The minimum atomic E-state index is 0.674. The summed E-state index contributed by atoms with van der Waals surface area (Å²) in [6, 6.07) is 7.58. The summed E-state index contributed by atoms with van der Waals surface area (Å²) < 4.78 is 0. The van der Waals surface area contributed by atoms with E-state index in [-0.39, 0.29) is 0 Å². The molecule has 0 radical (unpaired) electrons. The van der Waals surface area contributed by atoms with Gasteiger partial charge in [0.15, 0.2) is 0 Å². The summed E-state index contributed by atoms with van der Waals surface area (Å²) in [4.78, 5) is 0. The van der Waals surface area contributed by atoms with Crippen molar-refractivity contribution < 1.29 is 0 Å². The molecule has 1 aromatic carbocycles. The molecule has 2 rings (SSSR count). The van der Waals surface area contributed by atoms with Crippen molar-refractivity contribution in [3.63, 3.8) is 0 Å². The Labute approximate surface area is 114 Å². The molecule has 0 bridgehead atoms. The van der Waals surface area contributed by atoms with Crippen molar-refractivity contribution in [3.8, 4) is 6.07 Å². The van der Waals surface area contributed by atoms with Crippen LogP contribution < -0.4 is 5.32 Å². The van der Waals surface area contributed by atoms with Crippen LogP contribution in [0.15, 0.2) is 18.2 Å². The van der Waals surface area contributed by atoms with Gasteiger partial charge in [0.05, 0.1) is 11.3 Å². The fourth-order valence-corrected chi connectivity index (χ4v) is 2.75. The summed E-state index contributed by atoms with van der Waals surface area (Å²) in [5.74, 6) is 0.734. The minimum absolute atomic E-state index is 0.674. The Bertz CT molecular complexity index is 429. The zero-order valence-electron chi connectivity index (χ0n) is 10.6. The molecule has 0 atom stereocenters. The van der Waals surface area contributed by atoms with Crippen molar-refractivity contribution in [2.75, 3.05) is 11.9 Å². The molecule has 1 saturated carbocycles. The second kappa shape index (κ2) is 6.66. The van der Waals surface area contributed by atoms with Crippen molar-refractivity contribution in [2.45, 2.75) is 38.5 Å². The van der Waals surface area contributed by atoms with E-state index in [9.17, 15) is 0 Å². The lowest BCUT2D eigenvalue weighted by atomic mass is 10.0. The number of anilines is 1. The summed E-state index contributed by atoms with van der Waals surface area (Å²) in [6.45, 7) is 0.953. The lowest BCUT2D eigenvalue weighted by Gasteiger charge is -2.16. The molecule has 3 heteroatoms. The lowest BCUT2D eigenvalue weighted by molar-refractivity contribution is 0.483. The maximum atomic E-state index is 9.06. The molecular formula is C15H19ClN2. The van der Waals surface area contributed by atoms with E-state index in [0.717, 1.165) is 18.2 Å². The Hall–Kier alpha value is -1.20. The number of hydrogen-bond acceptors (Lipinski definition) is 2. The fraction of sp³-hybridized carbons (Fsp3) is 0.533. The summed E-state index contributed by atoms with van der Waals surface area (Å²) in [5, 5.41) is 13.1. The Morgan fingerprint density at radius 1 is 1.22 bits per heavy atom. The normalized spacial score (nSPS) is 16.9. The van der Waals surface area contributed by atoms with Crippen LogP contribution in [0.2, 0.25) is 5.02 Å². The Kier molecular flexibility index (Phi) is 4.90. The fourth-order valence-electron chi connectivity index (χ4n) is 2.58. The first kappa shape index (κ1) is 13.2. The third-order valence-electron chi connectivity index (χ3n) is 3.66. The first-order valence-electron chi connectivity index (χ1n) is 6.73. The molecule has 1 aliphatic carbocycles. The molecule has 0 spiro atoms. The molecule has 1 aliphatic rings. The first-order chi connectivity index (χ1) is 8.79. The van der Waals surface area contributed by atoms with Gasteiger partial charge < -0.3 is 5.32 Å². The van der Waals surface area contributed by atoms with Crippen LogP contribution in [0.1, 0.15) is 44.1 Å². The summed E-state index contributed by atoms with van der Waals surface area (Å²) >= 11 is 5.97. The van der Waals surface area contributed by atoms with Gasteiger partial charge in [-0.1, -0.05) is 37.3 Å². The van der Waals surface area contributed by atoms with Crippen LogP contribution in [0.4, 0.5) is 5.69 Å². The highest BCUT2D eigenvalue weighted by molar-refractivity contribution is 6.30. The van der Waals surface area contributed by atoms with Gasteiger partial charge in [-0.15, -0.1) is 0 Å². The van der Waals surface area contributed by atoms with Gasteiger partial charge in [-0.05, 0) is 37.0 Å². The number of nitrogens with zero attached hydrogens (tertiary/aromatic N) is 1. The van der Waals surface area contributed by atoms with Crippen LogP contribution in [0, 0.1) is 17.2 Å². The third-order valence-corrected chi connectivity index (χ3v) is 3.89. The van der Waals surface area contributed by atoms with Gasteiger partial charge in [0.1, 0.15) is 6.07 Å². The highest BCUT2D eigenvalue weighted by atomic mass is 35.5. The molecule has 18 heavy (non-hydrogen) atoms. The van der Waals surface area contributed by atoms with Crippen molar-refractivity contribution in [2.24, 2.45) is 5.92 Å². The average Bonchev–Trinajstić information content (AvgIpc) is 2.65. The van der Waals surface area contributed by atoms with E-state index >= 15 is 0 Å². The van der Waals surface area contributed by atoms with E-state index in [1.54, 1.807) is 12.1 Å². The van der Waals surface area contributed by atoms with Crippen molar-refractivity contribution in [1.82, 2.24) is 0 Å². The second-order valence-electron chi connectivity index (χ2n) is 5.04. The smallest absolute Gasteiger partial charge is 0.101 e. The van der Waals surface area contributed by atoms with Gasteiger partial charge in [0.2, 0.25) is 0 Å². The second-order valence-corrected chi connectivity index (χ2v) is 5.48. The largest absolute Gasteiger partial charge is 0.384 e. The number of nitriles is 1.